The minimum Gasteiger partial charge on any atom is -0.491 e. The quantitative estimate of drug-likeness (QED) is 0.795. The predicted molar refractivity (Wildman–Crippen MR) is 74.0 cm³/mol. The van der Waals surface area contributed by atoms with Crippen molar-refractivity contribution in [1.29, 1.82) is 0 Å². The fraction of sp³-hybridized carbons (Fsp3) is 0.250. The van der Waals surface area contributed by atoms with Gasteiger partial charge in [-0.05, 0) is 24.1 Å². The summed E-state index contributed by atoms with van der Waals surface area (Å²) in [7, 11) is 0. The van der Waals surface area contributed by atoms with E-state index >= 15 is 0 Å². The summed E-state index contributed by atoms with van der Waals surface area (Å²) in [5, 5.41) is 0. The molecule has 2 aromatic carbocycles. The Bertz CT molecular complexity index is 510. The van der Waals surface area contributed by atoms with Crippen LogP contribution in [0.2, 0.25) is 0 Å². The van der Waals surface area contributed by atoms with Crippen molar-refractivity contribution in [2.75, 3.05) is 18.1 Å². The lowest BCUT2D eigenvalue weighted by Gasteiger charge is -2.23. The molecule has 0 aromatic heterocycles. The number of benzene rings is 2. The first-order chi connectivity index (χ1) is 8.93. The van der Waals surface area contributed by atoms with Crippen LogP contribution in [0, 0.1) is 0 Å². The third-order valence-corrected chi connectivity index (χ3v) is 3.25. The Labute approximate surface area is 108 Å². The molecule has 0 spiro atoms. The van der Waals surface area contributed by atoms with E-state index in [4.69, 9.17) is 4.74 Å². The summed E-state index contributed by atoms with van der Waals surface area (Å²) in [6.45, 7) is 2.80. The summed E-state index contributed by atoms with van der Waals surface area (Å²) < 4.78 is 5.77. The maximum absolute atomic E-state index is 5.77. The Morgan fingerprint density at radius 1 is 0.944 bits per heavy atom. The zero-order valence-electron chi connectivity index (χ0n) is 10.4. The molecule has 0 atom stereocenters. The number of para-hydroxylation sites is 2. The summed E-state index contributed by atoms with van der Waals surface area (Å²) in [6.07, 6.45) is 1.07. The summed E-state index contributed by atoms with van der Waals surface area (Å²) in [5.41, 5.74) is 2.55. The molecule has 0 amide bonds. The van der Waals surface area contributed by atoms with Crippen LogP contribution in [-0.2, 0) is 6.54 Å². The van der Waals surface area contributed by atoms with Gasteiger partial charge in [-0.2, -0.15) is 0 Å². The first-order valence-corrected chi connectivity index (χ1v) is 6.44. The maximum atomic E-state index is 5.77. The van der Waals surface area contributed by atoms with E-state index in [0.29, 0.717) is 0 Å². The fourth-order valence-corrected chi connectivity index (χ4v) is 2.37. The van der Waals surface area contributed by atoms with Gasteiger partial charge in [0, 0.05) is 13.1 Å². The number of fused-ring (bicyclic) bond motifs is 1. The highest BCUT2D eigenvalue weighted by atomic mass is 16.5. The third kappa shape index (κ3) is 2.33. The second-order valence-electron chi connectivity index (χ2n) is 4.58. The van der Waals surface area contributed by atoms with Crippen LogP contribution in [0.5, 0.6) is 5.75 Å². The predicted octanol–water partition coefficient (Wildman–Crippen LogP) is 3.48. The van der Waals surface area contributed by atoms with Crippen LogP contribution in [0.25, 0.3) is 0 Å². The third-order valence-electron chi connectivity index (χ3n) is 3.25. The van der Waals surface area contributed by atoms with Gasteiger partial charge in [0.25, 0.3) is 0 Å². The molecule has 2 heteroatoms. The van der Waals surface area contributed by atoms with Gasteiger partial charge in [0.15, 0.2) is 0 Å². The van der Waals surface area contributed by atoms with Crippen molar-refractivity contribution in [2.24, 2.45) is 0 Å². The molecule has 0 saturated heterocycles. The monoisotopic (exact) mass is 239 g/mol. The van der Waals surface area contributed by atoms with Gasteiger partial charge >= 0.3 is 0 Å². The fourth-order valence-electron chi connectivity index (χ4n) is 2.37. The standard InChI is InChI=1S/C16H17NO/c1-2-7-14(8-3-1)13-17-11-6-12-18-16-10-5-4-9-15(16)17/h1-5,7-10H,6,11-13H2. The van der Waals surface area contributed by atoms with Crippen LogP contribution in [0.4, 0.5) is 5.69 Å². The number of anilines is 1. The second kappa shape index (κ2) is 5.13. The van der Waals surface area contributed by atoms with Crippen molar-refractivity contribution in [1.82, 2.24) is 0 Å². The molecule has 0 aliphatic carbocycles. The molecule has 1 aliphatic heterocycles. The number of hydrogen-bond acceptors (Lipinski definition) is 2. The van der Waals surface area contributed by atoms with Gasteiger partial charge in [-0.1, -0.05) is 42.5 Å². The van der Waals surface area contributed by atoms with Crippen LogP contribution in [0.3, 0.4) is 0 Å². The molecule has 0 unspecified atom stereocenters. The number of hydrogen-bond donors (Lipinski definition) is 0. The van der Waals surface area contributed by atoms with Gasteiger partial charge in [-0.3, -0.25) is 0 Å². The van der Waals surface area contributed by atoms with Gasteiger partial charge in [0.1, 0.15) is 5.75 Å². The molecule has 0 radical (unpaired) electrons. The second-order valence-corrected chi connectivity index (χ2v) is 4.58. The van der Waals surface area contributed by atoms with Crippen LogP contribution in [0.15, 0.2) is 54.6 Å². The molecule has 18 heavy (non-hydrogen) atoms. The zero-order valence-corrected chi connectivity index (χ0v) is 10.4. The minimum atomic E-state index is 0.808. The van der Waals surface area contributed by atoms with E-state index in [1.54, 1.807) is 0 Å². The van der Waals surface area contributed by atoms with Crippen LogP contribution in [-0.4, -0.2) is 13.2 Å². The molecule has 0 N–H and O–H groups in total. The summed E-state index contributed by atoms with van der Waals surface area (Å²) in [5.74, 6) is 1.01. The summed E-state index contributed by atoms with van der Waals surface area (Å²) >= 11 is 0. The maximum Gasteiger partial charge on any atom is 0.142 e. The molecule has 0 saturated carbocycles. The van der Waals surface area contributed by atoms with E-state index in [1.165, 1.54) is 11.3 Å². The molecule has 2 nitrogen and oxygen atoms in total. The topological polar surface area (TPSA) is 12.5 Å². The summed E-state index contributed by atoms with van der Waals surface area (Å²) in [4.78, 5) is 2.40. The Morgan fingerprint density at radius 3 is 2.61 bits per heavy atom. The van der Waals surface area contributed by atoms with Gasteiger partial charge in [-0.25, -0.2) is 0 Å². The van der Waals surface area contributed by atoms with Crippen LogP contribution >= 0.6 is 0 Å². The van der Waals surface area contributed by atoms with E-state index in [1.807, 2.05) is 6.07 Å². The number of rotatable bonds is 2. The molecule has 92 valence electrons. The highest BCUT2D eigenvalue weighted by molar-refractivity contribution is 5.59. The Kier molecular flexibility index (Phi) is 3.18. The van der Waals surface area contributed by atoms with E-state index < -0.39 is 0 Å². The SMILES string of the molecule is c1ccc(CN2CCCOc3ccccc32)cc1. The van der Waals surface area contributed by atoms with Crippen molar-refractivity contribution in [3.8, 4) is 5.75 Å². The van der Waals surface area contributed by atoms with Gasteiger partial charge in [-0.15, -0.1) is 0 Å². The largest absolute Gasteiger partial charge is 0.491 e. The average molecular weight is 239 g/mol. The molecular weight excluding hydrogens is 222 g/mol. The van der Waals surface area contributed by atoms with Crippen molar-refractivity contribution in [3.05, 3.63) is 60.2 Å². The average Bonchev–Trinajstić information content (AvgIpc) is 2.63. The Hall–Kier alpha value is -1.96. The van der Waals surface area contributed by atoms with Crippen LogP contribution in [0.1, 0.15) is 12.0 Å². The van der Waals surface area contributed by atoms with Gasteiger partial charge in [0.05, 0.1) is 12.3 Å². The smallest absolute Gasteiger partial charge is 0.142 e. The lowest BCUT2D eigenvalue weighted by atomic mass is 10.2. The highest BCUT2D eigenvalue weighted by Gasteiger charge is 2.15. The van der Waals surface area contributed by atoms with E-state index in [0.717, 1.165) is 31.9 Å². The van der Waals surface area contributed by atoms with Gasteiger partial charge < -0.3 is 9.64 Å². The molecule has 3 rings (SSSR count). The molecule has 1 heterocycles. The molecule has 1 aliphatic rings. The normalized spacial score (nSPS) is 14.6. The lowest BCUT2D eigenvalue weighted by molar-refractivity contribution is 0.322. The molecule has 0 bridgehead atoms. The number of nitrogens with zero attached hydrogens (tertiary/aromatic N) is 1. The Morgan fingerprint density at radius 2 is 1.72 bits per heavy atom. The van der Waals surface area contributed by atoms with Crippen LogP contribution < -0.4 is 9.64 Å². The van der Waals surface area contributed by atoms with E-state index in [-0.39, 0.29) is 0 Å². The highest BCUT2D eigenvalue weighted by Crippen LogP contribution is 2.31. The molecule has 0 fully saturated rings. The van der Waals surface area contributed by atoms with Gasteiger partial charge in [0.2, 0.25) is 0 Å². The lowest BCUT2D eigenvalue weighted by Crippen LogP contribution is -2.23. The first-order valence-electron chi connectivity index (χ1n) is 6.44. The van der Waals surface area contributed by atoms with Crippen molar-refractivity contribution >= 4 is 5.69 Å². The van der Waals surface area contributed by atoms with Crippen molar-refractivity contribution < 1.29 is 4.74 Å². The van der Waals surface area contributed by atoms with E-state index in [9.17, 15) is 0 Å². The van der Waals surface area contributed by atoms with E-state index in [2.05, 4.69) is 53.4 Å². The van der Waals surface area contributed by atoms with Crippen molar-refractivity contribution in [3.63, 3.8) is 0 Å². The zero-order chi connectivity index (χ0) is 12.2. The molecule has 2 aromatic rings. The first kappa shape index (κ1) is 11.1. The molecular formula is C16H17NO. The number of ether oxygens (including phenoxy) is 1. The summed E-state index contributed by atoms with van der Waals surface area (Å²) in [6, 6.07) is 18.9. The Balaban J connectivity index is 1.88. The minimum absolute atomic E-state index is 0.808. The van der Waals surface area contributed by atoms with Crippen molar-refractivity contribution in [2.45, 2.75) is 13.0 Å².